The molecule has 8 heteroatoms. The average molecular weight is 395 g/mol. The third-order valence-corrected chi connectivity index (χ3v) is 5.08. The fraction of sp³-hybridized carbons (Fsp3) is 0.200. The minimum Gasteiger partial charge on any atom is -0.444 e. The topological polar surface area (TPSA) is 69.6 Å². The maximum atomic E-state index is 13.4. The molecule has 3 heterocycles. The molecule has 28 heavy (non-hydrogen) atoms. The van der Waals surface area contributed by atoms with Crippen LogP contribution >= 0.6 is 11.8 Å². The summed E-state index contributed by atoms with van der Waals surface area (Å²) in [6, 6.07) is 10.1. The van der Waals surface area contributed by atoms with Gasteiger partial charge in [0.15, 0.2) is 11.0 Å². The van der Waals surface area contributed by atoms with Crippen molar-refractivity contribution in [3.05, 3.63) is 66.6 Å². The molecule has 0 aliphatic heterocycles. The lowest BCUT2D eigenvalue weighted by Crippen LogP contribution is -2.02. The summed E-state index contributed by atoms with van der Waals surface area (Å²) in [7, 11) is 0. The predicted octanol–water partition coefficient (Wildman–Crippen LogP) is 4.84. The number of halogens is 1. The molecule has 142 valence electrons. The lowest BCUT2D eigenvalue weighted by atomic mass is 10.2. The molecular weight excluding hydrogens is 377 g/mol. The molecule has 6 nitrogen and oxygen atoms in total. The Morgan fingerprint density at radius 1 is 1.11 bits per heavy atom. The molecule has 0 unspecified atom stereocenters. The van der Waals surface area contributed by atoms with Crippen molar-refractivity contribution < 1.29 is 8.81 Å². The Bertz CT molecular complexity index is 1060. The number of hydrogen-bond donors (Lipinski definition) is 0. The summed E-state index contributed by atoms with van der Waals surface area (Å²) in [5, 5.41) is 9.53. The van der Waals surface area contributed by atoms with Crippen LogP contribution in [0.2, 0.25) is 0 Å². The van der Waals surface area contributed by atoms with Crippen LogP contribution in [0, 0.1) is 5.82 Å². The highest BCUT2D eigenvalue weighted by Crippen LogP contribution is 2.27. The summed E-state index contributed by atoms with van der Waals surface area (Å²) in [4.78, 5) is 8.51. The molecule has 0 saturated carbocycles. The van der Waals surface area contributed by atoms with E-state index in [9.17, 15) is 4.39 Å². The van der Waals surface area contributed by atoms with E-state index in [-0.39, 0.29) is 5.82 Å². The van der Waals surface area contributed by atoms with Crippen LogP contribution in [0.15, 0.2) is 64.6 Å². The van der Waals surface area contributed by atoms with Crippen LogP contribution in [0.3, 0.4) is 0 Å². The van der Waals surface area contributed by atoms with Crippen molar-refractivity contribution in [2.75, 3.05) is 0 Å². The lowest BCUT2D eigenvalue weighted by molar-refractivity contribution is 0.571. The first kappa shape index (κ1) is 18.4. The quantitative estimate of drug-likeness (QED) is 0.417. The Kier molecular flexibility index (Phi) is 5.48. The number of nitrogens with zero attached hydrogens (tertiary/aromatic N) is 5. The van der Waals surface area contributed by atoms with Gasteiger partial charge in [-0.25, -0.2) is 9.37 Å². The number of thioether (sulfide) groups is 1. The fourth-order valence-corrected chi connectivity index (χ4v) is 3.64. The van der Waals surface area contributed by atoms with Crippen LogP contribution in [-0.4, -0.2) is 24.7 Å². The van der Waals surface area contributed by atoms with E-state index in [0.717, 1.165) is 35.2 Å². The van der Waals surface area contributed by atoms with Gasteiger partial charge >= 0.3 is 0 Å². The second kappa shape index (κ2) is 8.35. The van der Waals surface area contributed by atoms with Crippen molar-refractivity contribution in [1.29, 1.82) is 0 Å². The number of oxazole rings is 1. The molecule has 4 aromatic rings. The summed E-state index contributed by atoms with van der Waals surface area (Å²) in [5.41, 5.74) is 2.36. The molecule has 4 rings (SSSR count). The minimum atomic E-state index is -0.317. The van der Waals surface area contributed by atoms with Crippen LogP contribution < -0.4 is 0 Å². The molecule has 3 aromatic heterocycles. The second-order valence-electron chi connectivity index (χ2n) is 6.14. The first-order chi connectivity index (χ1) is 13.7. The molecule has 0 spiro atoms. The van der Waals surface area contributed by atoms with Gasteiger partial charge in [0.1, 0.15) is 12.1 Å². The van der Waals surface area contributed by atoms with Crippen molar-refractivity contribution in [3.63, 3.8) is 0 Å². The Labute approximate surface area is 165 Å². The van der Waals surface area contributed by atoms with Crippen molar-refractivity contribution in [2.24, 2.45) is 0 Å². The van der Waals surface area contributed by atoms with Crippen molar-refractivity contribution in [1.82, 2.24) is 24.7 Å². The van der Waals surface area contributed by atoms with Gasteiger partial charge in [-0.1, -0.05) is 24.8 Å². The Morgan fingerprint density at radius 2 is 1.96 bits per heavy atom. The molecule has 0 bridgehead atoms. The highest BCUT2D eigenvalue weighted by molar-refractivity contribution is 7.98. The van der Waals surface area contributed by atoms with Gasteiger partial charge in [0.05, 0.1) is 5.69 Å². The van der Waals surface area contributed by atoms with Crippen LogP contribution in [0.4, 0.5) is 4.39 Å². The Balaban J connectivity index is 1.52. The van der Waals surface area contributed by atoms with Gasteiger partial charge in [0.25, 0.3) is 0 Å². The number of aromatic nitrogens is 5. The zero-order chi connectivity index (χ0) is 19.3. The van der Waals surface area contributed by atoms with Crippen molar-refractivity contribution >= 4 is 11.8 Å². The molecule has 1 aromatic carbocycles. The first-order valence-corrected chi connectivity index (χ1v) is 9.90. The van der Waals surface area contributed by atoms with Crippen LogP contribution in [-0.2, 0) is 12.3 Å². The van der Waals surface area contributed by atoms with Crippen LogP contribution in [0.1, 0.15) is 19.0 Å². The molecule has 0 saturated heterocycles. The minimum absolute atomic E-state index is 0.317. The zero-order valence-corrected chi connectivity index (χ0v) is 16.1. The molecule has 0 aliphatic rings. The number of rotatable bonds is 7. The number of hydrogen-bond acceptors (Lipinski definition) is 6. The Morgan fingerprint density at radius 3 is 2.75 bits per heavy atom. The van der Waals surface area contributed by atoms with Crippen molar-refractivity contribution in [3.8, 4) is 22.8 Å². The summed E-state index contributed by atoms with van der Waals surface area (Å²) in [5.74, 6) is 1.50. The van der Waals surface area contributed by atoms with Crippen molar-refractivity contribution in [2.45, 2.75) is 30.8 Å². The van der Waals surface area contributed by atoms with E-state index in [1.807, 2.05) is 12.1 Å². The molecule has 0 radical (unpaired) electrons. The lowest BCUT2D eigenvalue weighted by Gasteiger charge is -2.08. The standard InChI is InChI=1S/C20H18FN5OS/c1-2-10-26-18(14-6-8-22-9-7-14)24-25-20(26)28-13-17-12-27-19(23-17)15-4-3-5-16(21)11-15/h3-9,11-12H,2,10,13H2,1H3. The van der Waals surface area contributed by atoms with E-state index in [0.29, 0.717) is 17.2 Å². The fourth-order valence-electron chi connectivity index (χ4n) is 2.80. The van der Waals surface area contributed by atoms with E-state index in [2.05, 4.69) is 31.7 Å². The third-order valence-electron chi connectivity index (χ3n) is 4.08. The van der Waals surface area contributed by atoms with Crippen LogP contribution in [0.5, 0.6) is 0 Å². The van der Waals surface area contributed by atoms with Gasteiger partial charge in [-0.15, -0.1) is 10.2 Å². The molecule has 0 fully saturated rings. The van der Waals surface area contributed by atoms with E-state index < -0.39 is 0 Å². The summed E-state index contributed by atoms with van der Waals surface area (Å²) >= 11 is 1.54. The smallest absolute Gasteiger partial charge is 0.226 e. The van der Waals surface area contributed by atoms with Gasteiger partial charge in [-0.2, -0.15) is 0 Å². The van der Waals surface area contributed by atoms with Crippen LogP contribution in [0.25, 0.3) is 22.8 Å². The van der Waals surface area contributed by atoms with Gasteiger partial charge in [-0.05, 0) is 36.8 Å². The largest absolute Gasteiger partial charge is 0.444 e. The highest BCUT2D eigenvalue weighted by atomic mass is 32.2. The molecule has 0 N–H and O–H groups in total. The van der Waals surface area contributed by atoms with E-state index in [1.165, 1.54) is 12.1 Å². The number of pyridine rings is 1. The van der Waals surface area contributed by atoms with Gasteiger partial charge in [0.2, 0.25) is 5.89 Å². The molecule has 0 aliphatic carbocycles. The maximum absolute atomic E-state index is 13.4. The Hall–Kier alpha value is -3.00. The molecule has 0 amide bonds. The first-order valence-electron chi connectivity index (χ1n) is 8.91. The van der Waals surface area contributed by atoms with E-state index in [4.69, 9.17) is 4.42 Å². The average Bonchev–Trinajstić information content (AvgIpc) is 3.35. The monoisotopic (exact) mass is 395 g/mol. The van der Waals surface area contributed by atoms with E-state index >= 15 is 0 Å². The number of benzene rings is 1. The summed E-state index contributed by atoms with van der Waals surface area (Å²) in [6.07, 6.45) is 6.06. The SMILES string of the molecule is CCCn1c(SCc2coc(-c3cccc(F)c3)n2)nnc1-c1ccncc1. The maximum Gasteiger partial charge on any atom is 0.226 e. The predicted molar refractivity (Wildman–Crippen MR) is 105 cm³/mol. The van der Waals surface area contributed by atoms with Gasteiger partial charge < -0.3 is 8.98 Å². The zero-order valence-electron chi connectivity index (χ0n) is 15.2. The van der Waals surface area contributed by atoms with E-state index in [1.54, 1.807) is 42.6 Å². The van der Waals surface area contributed by atoms with Gasteiger partial charge in [0, 0.05) is 35.8 Å². The third kappa shape index (κ3) is 3.96. The molecule has 0 atom stereocenters. The molecular formula is C20H18FN5OS. The van der Waals surface area contributed by atoms with Gasteiger partial charge in [-0.3, -0.25) is 4.98 Å². The summed E-state index contributed by atoms with van der Waals surface area (Å²) in [6.45, 7) is 2.94. The highest BCUT2D eigenvalue weighted by Gasteiger charge is 2.15. The normalized spacial score (nSPS) is 11.1. The summed E-state index contributed by atoms with van der Waals surface area (Å²) < 4.78 is 21.0. The second-order valence-corrected chi connectivity index (χ2v) is 7.08.